The molecule has 0 saturated heterocycles. The van der Waals surface area contributed by atoms with Crippen molar-refractivity contribution in [3.8, 4) is 11.5 Å². The smallest absolute Gasteiger partial charge is 0.392 e. The quantitative estimate of drug-likeness (QED) is 0.373. The third kappa shape index (κ3) is 5.51. The van der Waals surface area contributed by atoms with Crippen LogP contribution >= 0.6 is 0 Å². The molecule has 4 rings (SSSR count). The largest absolute Gasteiger partial charge is 0.491 e. The van der Waals surface area contributed by atoms with Crippen LogP contribution in [-0.4, -0.2) is 39.5 Å². The van der Waals surface area contributed by atoms with Gasteiger partial charge in [-0.15, -0.1) is 0 Å². The van der Waals surface area contributed by atoms with Crippen LogP contribution in [0.4, 0.5) is 13.2 Å². The fourth-order valence-corrected chi connectivity index (χ4v) is 3.50. The van der Waals surface area contributed by atoms with Gasteiger partial charge < -0.3 is 14.4 Å². The van der Waals surface area contributed by atoms with Crippen molar-refractivity contribution < 1.29 is 32.2 Å². The van der Waals surface area contributed by atoms with Gasteiger partial charge in [-0.3, -0.25) is 14.8 Å². The second kappa shape index (κ2) is 9.50. The number of rotatable bonds is 7. The summed E-state index contributed by atoms with van der Waals surface area (Å²) in [4.78, 5) is 34.8. The second-order valence-electron chi connectivity index (χ2n) is 7.76. The molecule has 3 heterocycles. The molecule has 10 heteroatoms. The Morgan fingerprint density at radius 3 is 2.62 bits per heavy atom. The highest BCUT2D eigenvalue weighted by atomic mass is 19.4. The van der Waals surface area contributed by atoms with Crippen molar-refractivity contribution in [2.24, 2.45) is 0 Å². The first kappa shape index (κ1) is 23.2. The second-order valence-corrected chi connectivity index (χ2v) is 7.76. The lowest BCUT2D eigenvalue weighted by Gasteiger charge is -2.16. The van der Waals surface area contributed by atoms with Gasteiger partial charge in [-0.05, 0) is 48.4 Å². The van der Waals surface area contributed by atoms with Gasteiger partial charge in [-0.2, -0.15) is 13.2 Å². The number of pyridine rings is 2. The Kier molecular flexibility index (Phi) is 6.49. The van der Waals surface area contributed by atoms with Gasteiger partial charge in [0.1, 0.15) is 11.5 Å². The van der Waals surface area contributed by atoms with Crippen molar-refractivity contribution in [2.45, 2.75) is 32.6 Å². The monoisotopic (exact) mass is 471 g/mol. The molecule has 3 aromatic rings. The van der Waals surface area contributed by atoms with Crippen LogP contribution in [0, 0.1) is 6.92 Å². The molecule has 1 aromatic carbocycles. The Balaban J connectivity index is 1.39. The fourth-order valence-electron chi connectivity index (χ4n) is 3.50. The van der Waals surface area contributed by atoms with E-state index < -0.39 is 25.2 Å². The van der Waals surface area contributed by atoms with E-state index in [1.807, 2.05) is 0 Å². The first-order valence-electron chi connectivity index (χ1n) is 10.4. The molecule has 0 unspecified atom stereocenters. The summed E-state index contributed by atoms with van der Waals surface area (Å²) < 4.78 is 47.5. The van der Waals surface area contributed by atoms with Crippen LogP contribution in [0.25, 0.3) is 0 Å². The van der Waals surface area contributed by atoms with Crippen molar-refractivity contribution in [2.75, 3.05) is 6.61 Å². The number of nitrogens with zero attached hydrogens (tertiary/aromatic N) is 3. The summed E-state index contributed by atoms with van der Waals surface area (Å²) in [6.45, 7) is 1.79. The van der Waals surface area contributed by atoms with Crippen molar-refractivity contribution >= 4 is 11.9 Å². The van der Waals surface area contributed by atoms with Crippen LogP contribution in [-0.2, 0) is 13.1 Å². The molecular weight excluding hydrogens is 451 g/mol. The van der Waals surface area contributed by atoms with E-state index in [1.165, 1.54) is 36.8 Å². The number of halogens is 3. The van der Waals surface area contributed by atoms with E-state index in [9.17, 15) is 22.8 Å². The highest BCUT2D eigenvalue weighted by molar-refractivity contribution is 5.99. The molecule has 1 amide bonds. The molecule has 34 heavy (non-hydrogen) atoms. The number of hydrogen-bond donors (Lipinski definition) is 0. The number of alkyl halides is 3. The minimum absolute atomic E-state index is 0.212. The van der Waals surface area contributed by atoms with Gasteiger partial charge in [0.15, 0.2) is 0 Å². The number of aromatic nitrogens is 2. The lowest BCUT2D eigenvalue weighted by Crippen LogP contribution is -2.24. The van der Waals surface area contributed by atoms with Crippen LogP contribution in [0.3, 0.4) is 0 Å². The maximum Gasteiger partial charge on any atom is 0.392 e. The predicted octanol–water partition coefficient (Wildman–Crippen LogP) is 4.49. The molecule has 176 valence electrons. The standard InChI is InChI=1S/C24H20F3N3O4/c1-15-10-18(29-12-21(15)33-9-6-24(25,26)27)14-30-13-17-2-3-19(11-20(17)22(30)31)34-23(32)16-4-7-28-8-5-16/h2-5,7-8,10-12H,6,9,13-14H2,1H3. The Morgan fingerprint density at radius 1 is 1.15 bits per heavy atom. The maximum absolute atomic E-state index is 12.9. The Morgan fingerprint density at radius 2 is 1.91 bits per heavy atom. The Bertz CT molecular complexity index is 1220. The van der Waals surface area contributed by atoms with Crippen molar-refractivity contribution in [1.82, 2.24) is 14.9 Å². The summed E-state index contributed by atoms with van der Waals surface area (Å²) in [5, 5.41) is 0. The zero-order chi connectivity index (χ0) is 24.3. The average molecular weight is 471 g/mol. The van der Waals surface area contributed by atoms with Crippen LogP contribution < -0.4 is 9.47 Å². The van der Waals surface area contributed by atoms with Crippen LogP contribution in [0.5, 0.6) is 11.5 Å². The Labute approximate surface area is 193 Å². The summed E-state index contributed by atoms with van der Waals surface area (Å²) in [5.74, 6) is -0.265. The summed E-state index contributed by atoms with van der Waals surface area (Å²) in [6.07, 6.45) is -1.00. The van der Waals surface area contributed by atoms with Gasteiger partial charge in [0.25, 0.3) is 5.91 Å². The molecule has 0 N–H and O–H groups in total. The zero-order valence-electron chi connectivity index (χ0n) is 18.1. The third-order valence-electron chi connectivity index (χ3n) is 5.20. The number of carbonyl (C=O) groups excluding carboxylic acids is 2. The normalized spacial score (nSPS) is 13.1. The number of carbonyl (C=O) groups is 2. The lowest BCUT2D eigenvalue weighted by molar-refractivity contribution is -0.139. The van der Waals surface area contributed by atoms with Crippen LogP contribution in [0.2, 0.25) is 0 Å². The molecule has 0 atom stereocenters. The molecule has 2 aromatic heterocycles. The molecule has 0 spiro atoms. The van der Waals surface area contributed by atoms with E-state index >= 15 is 0 Å². The van der Waals surface area contributed by atoms with E-state index in [-0.39, 0.29) is 24.0 Å². The molecule has 0 bridgehead atoms. The van der Waals surface area contributed by atoms with E-state index in [4.69, 9.17) is 9.47 Å². The average Bonchev–Trinajstić information content (AvgIpc) is 3.10. The predicted molar refractivity (Wildman–Crippen MR) is 114 cm³/mol. The summed E-state index contributed by atoms with van der Waals surface area (Å²) >= 11 is 0. The number of fused-ring (bicyclic) bond motifs is 1. The van der Waals surface area contributed by atoms with Gasteiger partial charge in [-0.1, -0.05) is 6.07 Å². The minimum atomic E-state index is -4.29. The number of amides is 1. The van der Waals surface area contributed by atoms with E-state index in [0.29, 0.717) is 28.9 Å². The van der Waals surface area contributed by atoms with Crippen LogP contribution in [0.1, 0.15) is 44.0 Å². The minimum Gasteiger partial charge on any atom is -0.491 e. The lowest BCUT2D eigenvalue weighted by atomic mass is 10.1. The summed E-state index contributed by atoms with van der Waals surface area (Å²) in [7, 11) is 0. The van der Waals surface area contributed by atoms with Crippen molar-refractivity contribution in [3.05, 3.63) is 82.9 Å². The molecule has 0 fully saturated rings. The molecule has 0 radical (unpaired) electrons. The molecular formula is C24H20F3N3O4. The first-order chi connectivity index (χ1) is 16.2. The number of hydrogen-bond acceptors (Lipinski definition) is 6. The van der Waals surface area contributed by atoms with Gasteiger partial charge in [0.2, 0.25) is 0 Å². The fraction of sp³-hybridized carbons (Fsp3) is 0.250. The maximum atomic E-state index is 12.9. The van der Waals surface area contributed by atoms with E-state index in [0.717, 1.165) is 5.56 Å². The molecule has 7 nitrogen and oxygen atoms in total. The number of esters is 1. The molecule has 0 aliphatic carbocycles. The van der Waals surface area contributed by atoms with Gasteiger partial charge in [0, 0.05) is 24.5 Å². The van der Waals surface area contributed by atoms with E-state index in [1.54, 1.807) is 30.0 Å². The molecule has 1 aliphatic rings. The van der Waals surface area contributed by atoms with E-state index in [2.05, 4.69) is 9.97 Å². The highest BCUT2D eigenvalue weighted by Gasteiger charge is 2.29. The first-order valence-corrected chi connectivity index (χ1v) is 10.4. The van der Waals surface area contributed by atoms with Gasteiger partial charge >= 0.3 is 12.1 Å². The third-order valence-corrected chi connectivity index (χ3v) is 5.20. The molecule has 0 saturated carbocycles. The summed E-state index contributed by atoms with van der Waals surface area (Å²) in [5.41, 5.74) is 2.77. The van der Waals surface area contributed by atoms with Gasteiger partial charge in [0.05, 0.1) is 37.0 Å². The number of aryl methyl sites for hydroxylation is 1. The van der Waals surface area contributed by atoms with Crippen LogP contribution in [0.15, 0.2) is 55.0 Å². The van der Waals surface area contributed by atoms with Crippen molar-refractivity contribution in [1.29, 1.82) is 0 Å². The SMILES string of the molecule is Cc1cc(CN2Cc3ccc(OC(=O)c4ccncc4)cc3C2=O)ncc1OCCC(F)(F)F. The number of ether oxygens (including phenoxy) is 2. The highest BCUT2D eigenvalue weighted by Crippen LogP contribution is 2.29. The number of benzene rings is 1. The summed E-state index contributed by atoms with van der Waals surface area (Å²) in [6, 6.07) is 9.64. The molecule has 1 aliphatic heterocycles. The zero-order valence-corrected chi connectivity index (χ0v) is 18.1. The van der Waals surface area contributed by atoms with Gasteiger partial charge in [-0.25, -0.2) is 4.79 Å². The Hall–Kier alpha value is -3.95. The van der Waals surface area contributed by atoms with Crippen molar-refractivity contribution in [3.63, 3.8) is 0 Å². The topological polar surface area (TPSA) is 81.6 Å².